The molecule has 0 unspecified atom stereocenters. The Balaban J connectivity index is 1.64. The van der Waals surface area contributed by atoms with E-state index < -0.39 is 5.97 Å². The van der Waals surface area contributed by atoms with Crippen molar-refractivity contribution in [2.24, 2.45) is 0 Å². The van der Waals surface area contributed by atoms with Crippen LogP contribution in [0.2, 0.25) is 5.02 Å². The van der Waals surface area contributed by atoms with Crippen molar-refractivity contribution in [3.63, 3.8) is 0 Å². The third kappa shape index (κ3) is 3.04. The minimum atomic E-state index is -0.600. The van der Waals surface area contributed by atoms with E-state index in [2.05, 4.69) is 0 Å². The van der Waals surface area contributed by atoms with Gasteiger partial charge in [-0.25, -0.2) is 4.79 Å². The summed E-state index contributed by atoms with van der Waals surface area (Å²) in [6.07, 6.45) is 0. The second kappa shape index (κ2) is 6.07. The zero-order valence-corrected chi connectivity index (χ0v) is 12.1. The molecule has 112 valence electrons. The number of ketones is 1. The Kier molecular flexibility index (Phi) is 3.98. The predicted octanol–water partition coefficient (Wildman–Crippen LogP) is 3.11. The van der Waals surface area contributed by atoms with Gasteiger partial charge in [-0.1, -0.05) is 17.7 Å². The molecule has 2 aromatic carbocycles. The Hall–Kier alpha value is -2.53. The predicted molar refractivity (Wildman–Crippen MR) is 78.6 cm³/mol. The first kappa shape index (κ1) is 14.4. The van der Waals surface area contributed by atoms with Gasteiger partial charge in [-0.05, 0) is 36.4 Å². The fourth-order valence-corrected chi connectivity index (χ4v) is 2.17. The Morgan fingerprint density at radius 2 is 1.86 bits per heavy atom. The minimum Gasteiger partial charge on any atom is -0.454 e. The van der Waals surface area contributed by atoms with Gasteiger partial charge in [0.05, 0.1) is 5.56 Å². The number of carbonyl (C=O) groups excluding carboxylic acids is 2. The van der Waals surface area contributed by atoms with Crippen molar-refractivity contribution in [2.45, 2.75) is 0 Å². The van der Waals surface area contributed by atoms with Crippen LogP contribution in [0.15, 0.2) is 42.5 Å². The van der Waals surface area contributed by atoms with E-state index in [0.29, 0.717) is 27.6 Å². The number of hydrogen-bond donors (Lipinski definition) is 0. The van der Waals surface area contributed by atoms with Gasteiger partial charge in [0.2, 0.25) is 6.79 Å². The Labute approximate surface area is 131 Å². The first-order valence-electron chi connectivity index (χ1n) is 6.49. The molecule has 0 saturated carbocycles. The topological polar surface area (TPSA) is 61.8 Å². The molecule has 0 fully saturated rings. The summed E-state index contributed by atoms with van der Waals surface area (Å²) < 4.78 is 15.4. The van der Waals surface area contributed by atoms with E-state index in [0.717, 1.165) is 0 Å². The summed E-state index contributed by atoms with van der Waals surface area (Å²) >= 11 is 5.80. The zero-order valence-electron chi connectivity index (χ0n) is 11.4. The standard InChI is InChI=1S/C16H11ClO5/c17-12-3-1-2-11(6-12)16(19)20-8-13(18)10-4-5-14-15(7-10)22-9-21-14/h1-7H,8-9H2. The van der Waals surface area contributed by atoms with Crippen molar-refractivity contribution in [1.82, 2.24) is 0 Å². The number of rotatable bonds is 4. The molecule has 1 aliphatic rings. The quantitative estimate of drug-likeness (QED) is 0.640. The SMILES string of the molecule is O=C(COC(=O)c1cccc(Cl)c1)c1ccc2c(c1)OCO2. The fourth-order valence-electron chi connectivity index (χ4n) is 1.98. The van der Waals surface area contributed by atoms with Crippen LogP contribution in [0.1, 0.15) is 20.7 Å². The number of hydrogen-bond acceptors (Lipinski definition) is 5. The largest absolute Gasteiger partial charge is 0.454 e. The highest BCUT2D eigenvalue weighted by molar-refractivity contribution is 6.30. The van der Waals surface area contributed by atoms with Gasteiger partial charge < -0.3 is 14.2 Å². The first-order chi connectivity index (χ1) is 10.6. The lowest BCUT2D eigenvalue weighted by molar-refractivity contribution is 0.0474. The molecule has 0 spiro atoms. The normalized spacial score (nSPS) is 12.0. The van der Waals surface area contributed by atoms with E-state index in [1.54, 1.807) is 36.4 Å². The average molecular weight is 319 g/mol. The smallest absolute Gasteiger partial charge is 0.338 e. The second-order valence-corrected chi connectivity index (χ2v) is 5.01. The third-order valence-electron chi connectivity index (χ3n) is 3.09. The van der Waals surface area contributed by atoms with Crippen LogP contribution in [0.4, 0.5) is 0 Å². The maximum atomic E-state index is 12.0. The van der Waals surface area contributed by atoms with Gasteiger partial charge in [-0.3, -0.25) is 4.79 Å². The van der Waals surface area contributed by atoms with E-state index in [1.807, 2.05) is 0 Å². The summed E-state index contributed by atoms with van der Waals surface area (Å²) in [5.41, 5.74) is 0.689. The summed E-state index contributed by atoms with van der Waals surface area (Å²) in [4.78, 5) is 23.9. The van der Waals surface area contributed by atoms with E-state index >= 15 is 0 Å². The molecule has 0 radical (unpaired) electrons. The summed E-state index contributed by atoms with van der Waals surface area (Å²) in [5, 5.41) is 0.427. The molecular weight excluding hydrogens is 308 g/mol. The van der Waals surface area contributed by atoms with Gasteiger partial charge in [-0.15, -0.1) is 0 Å². The Bertz CT molecular complexity index is 741. The number of carbonyl (C=O) groups is 2. The highest BCUT2D eigenvalue weighted by atomic mass is 35.5. The van der Waals surface area contributed by atoms with Gasteiger partial charge >= 0.3 is 5.97 Å². The Morgan fingerprint density at radius 3 is 2.68 bits per heavy atom. The second-order valence-electron chi connectivity index (χ2n) is 4.58. The van der Waals surface area contributed by atoms with Gasteiger partial charge in [0.15, 0.2) is 23.9 Å². The van der Waals surface area contributed by atoms with Crippen LogP contribution in [0, 0.1) is 0 Å². The van der Waals surface area contributed by atoms with Crippen molar-refractivity contribution in [1.29, 1.82) is 0 Å². The lowest BCUT2D eigenvalue weighted by Gasteiger charge is -2.05. The van der Waals surface area contributed by atoms with Crippen LogP contribution >= 0.6 is 11.6 Å². The molecule has 6 heteroatoms. The van der Waals surface area contributed by atoms with Crippen LogP contribution in [0.5, 0.6) is 11.5 Å². The molecule has 0 N–H and O–H groups in total. The summed E-state index contributed by atoms with van der Waals surface area (Å²) in [6.45, 7) is -0.221. The third-order valence-corrected chi connectivity index (χ3v) is 3.32. The van der Waals surface area contributed by atoms with Crippen LogP contribution in [0.25, 0.3) is 0 Å². The van der Waals surface area contributed by atoms with Crippen molar-refractivity contribution in [2.75, 3.05) is 13.4 Å². The molecule has 3 rings (SSSR count). The van der Waals surface area contributed by atoms with Crippen LogP contribution in [-0.4, -0.2) is 25.2 Å². The van der Waals surface area contributed by atoms with Crippen molar-refractivity contribution < 1.29 is 23.8 Å². The molecule has 1 heterocycles. The van der Waals surface area contributed by atoms with Crippen LogP contribution in [-0.2, 0) is 4.74 Å². The van der Waals surface area contributed by atoms with Crippen molar-refractivity contribution >= 4 is 23.4 Å². The van der Waals surface area contributed by atoms with Crippen LogP contribution < -0.4 is 9.47 Å². The maximum Gasteiger partial charge on any atom is 0.338 e. The summed E-state index contributed by atoms with van der Waals surface area (Å²) in [6, 6.07) is 11.2. The first-order valence-corrected chi connectivity index (χ1v) is 6.87. The number of ether oxygens (including phenoxy) is 3. The number of Topliss-reactive ketones (excluding diaryl/α,β-unsaturated/α-hetero) is 1. The van der Waals surface area contributed by atoms with Crippen molar-refractivity contribution in [3.05, 3.63) is 58.6 Å². The molecule has 0 saturated heterocycles. The molecular formula is C16H11ClO5. The lowest BCUT2D eigenvalue weighted by Crippen LogP contribution is -2.14. The molecule has 1 aliphatic heterocycles. The summed E-state index contributed by atoms with van der Waals surface area (Å²) in [5.74, 6) is 0.171. The zero-order chi connectivity index (χ0) is 15.5. The van der Waals surface area contributed by atoms with Gasteiger partial charge in [0.25, 0.3) is 0 Å². The molecule has 0 amide bonds. The van der Waals surface area contributed by atoms with Crippen molar-refractivity contribution in [3.8, 4) is 11.5 Å². The number of halogens is 1. The average Bonchev–Trinajstić information content (AvgIpc) is 2.99. The summed E-state index contributed by atoms with van der Waals surface area (Å²) in [7, 11) is 0. The number of fused-ring (bicyclic) bond motifs is 1. The maximum absolute atomic E-state index is 12.0. The minimum absolute atomic E-state index is 0.136. The monoisotopic (exact) mass is 318 g/mol. The Morgan fingerprint density at radius 1 is 1.05 bits per heavy atom. The fraction of sp³-hybridized carbons (Fsp3) is 0.125. The van der Waals surface area contributed by atoms with E-state index in [1.165, 1.54) is 6.07 Å². The highest BCUT2D eigenvalue weighted by Crippen LogP contribution is 2.32. The molecule has 0 aromatic heterocycles. The van der Waals surface area contributed by atoms with Gasteiger partial charge in [0, 0.05) is 10.6 Å². The molecule has 5 nitrogen and oxygen atoms in total. The van der Waals surface area contributed by atoms with E-state index in [-0.39, 0.29) is 19.2 Å². The van der Waals surface area contributed by atoms with E-state index in [4.69, 9.17) is 25.8 Å². The molecule has 0 aliphatic carbocycles. The number of esters is 1. The molecule has 22 heavy (non-hydrogen) atoms. The van der Waals surface area contributed by atoms with Gasteiger partial charge in [0.1, 0.15) is 0 Å². The van der Waals surface area contributed by atoms with Gasteiger partial charge in [-0.2, -0.15) is 0 Å². The van der Waals surface area contributed by atoms with Crippen LogP contribution in [0.3, 0.4) is 0 Å². The molecule has 2 aromatic rings. The lowest BCUT2D eigenvalue weighted by atomic mass is 10.1. The number of benzene rings is 2. The molecule has 0 bridgehead atoms. The molecule has 0 atom stereocenters. The highest BCUT2D eigenvalue weighted by Gasteiger charge is 2.17. The van der Waals surface area contributed by atoms with E-state index in [9.17, 15) is 9.59 Å².